The first-order valence-corrected chi connectivity index (χ1v) is 6.79. The molecule has 0 bridgehead atoms. The molecule has 1 unspecified atom stereocenters. The van der Waals surface area contributed by atoms with Gasteiger partial charge in [0.2, 0.25) is 0 Å². The van der Waals surface area contributed by atoms with E-state index < -0.39 is 0 Å². The molecule has 0 aromatic heterocycles. The number of aliphatic imine (C=N–C) groups is 1. The first-order valence-electron chi connectivity index (χ1n) is 5.92. The standard InChI is InChI=1S/C13H17FN2OS/c1-8(2)12-7-15-13(18-12)16-9-4-5-11(17-3)10(14)6-9/h4-6,8,12H,7H2,1-3H3,(H,15,16). The molecule has 1 heterocycles. The van der Waals surface area contributed by atoms with Crippen molar-refractivity contribution in [2.45, 2.75) is 19.1 Å². The molecule has 1 aromatic carbocycles. The Balaban J connectivity index is 2.01. The Morgan fingerprint density at radius 3 is 2.83 bits per heavy atom. The molecular formula is C13H17FN2OS. The molecule has 98 valence electrons. The molecule has 0 saturated heterocycles. The largest absolute Gasteiger partial charge is 0.494 e. The average Bonchev–Trinajstić information content (AvgIpc) is 2.78. The molecule has 0 saturated carbocycles. The van der Waals surface area contributed by atoms with Crippen molar-refractivity contribution >= 4 is 22.6 Å². The number of nitrogens with one attached hydrogen (secondary N) is 1. The molecule has 1 aliphatic rings. The van der Waals surface area contributed by atoms with Crippen molar-refractivity contribution in [1.82, 2.24) is 0 Å². The zero-order chi connectivity index (χ0) is 13.1. The van der Waals surface area contributed by atoms with E-state index in [0.717, 1.165) is 11.7 Å². The summed E-state index contributed by atoms with van der Waals surface area (Å²) in [6.45, 7) is 5.19. The van der Waals surface area contributed by atoms with E-state index in [1.165, 1.54) is 13.2 Å². The van der Waals surface area contributed by atoms with Crippen molar-refractivity contribution in [3.8, 4) is 5.75 Å². The van der Waals surface area contributed by atoms with E-state index in [0.29, 0.717) is 16.9 Å². The second kappa shape index (κ2) is 5.61. The van der Waals surface area contributed by atoms with Gasteiger partial charge in [-0.1, -0.05) is 25.6 Å². The molecule has 0 spiro atoms. The predicted molar refractivity (Wildman–Crippen MR) is 75.1 cm³/mol. The number of hydrogen-bond acceptors (Lipinski definition) is 4. The second-order valence-electron chi connectivity index (χ2n) is 4.52. The van der Waals surface area contributed by atoms with Gasteiger partial charge in [-0.2, -0.15) is 0 Å². The summed E-state index contributed by atoms with van der Waals surface area (Å²) >= 11 is 1.71. The molecular weight excluding hydrogens is 251 g/mol. The van der Waals surface area contributed by atoms with E-state index in [1.807, 2.05) is 0 Å². The third-order valence-corrected chi connectivity index (χ3v) is 4.28. The SMILES string of the molecule is COc1ccc(NC2=NCC(C(C)C)S2)cc1F. The van der Waals surface area contributed by atoms with E-state index in [1.54, 1.807) is 23.9 Å². The van der Waals surface area contributed by atoms with Crippen LogP contribution in [-0.2, 0) is 0 Å². The lowest BCUT2D eigenvalue weighted by Crippen LogP contribution is -2.13. The normalized spacial score (nSPS) is 18.9. The molecule has 0 fully saturated rings. The Morgan fingerprint density at radius 2 is 2.28 bits per heavy atom. The maximum Gasteiger partial charge on any atom is 0.167 e. The zero-order valence-corrected chi connectivity index (χ0v) is 11.6. The summed E-state index contributed by atoms with van der Waals surface area (Å²) in [5, 5.41) is 4.50. The Bertz CT molecular complexity index is 462. The van der Waals surface area contributed by atoms with Crippen LogP contribution >= 0.6 is 11.8 Å². The third kappa shape index (κ3) is 2.96. The zero-order valence-electron chi connectivity index (χ0n) is 10.7. The van der Waals surface area contributed by atoms with Gasteiger partial charge in [-0.15, -0.1) is 0 Å². The smallest absolute Gasteiger partial charge is 0.167 e. The van der Waals surface area contributed by atoms with Gasteiger partial charge in [-0.05, 0) is 18.1 Å². The maximum absolute atomic E-state index is 13.5. The lowest BCUT2D eigenvalue weighted by Gasteiger charge is -2.12. The van der Waals surface area contributed by atoms with Crippen LogP contribution in [0.2, 0.25) is 0 Å². The van der Waals surface area contributed by atoms with E-state index in [4.69, 9.17) is 4.74 Å². The van der Waals surface area contributed by atoms with Gasteiger partial charge in [-0.25, -0.2) is 4.39 Å². The Labute approximate surface area is 111 Å². The minimum atomic E-state index is -0.369. The molecule has 1 atom stereocenters. The number of methoxy groups -OCH3 is 1. The minimum absolute atomic E-state index is 0.252. The Hall–Kier alpha value is -1.23. The van der Waals surface area contributed by atoms with Crippen molar-refractivity contribution in [3.63, 3.8) is 0 Å². The first kappa shape index (κ1) is 13.2. The highest BCUT2D eigenvalue weighted by molar-refractivity contribution is 8.15. The number of halogens is 1. The van der Waals surface area contributed by atoms with Crippen molar-refractivity contribution in [2.75, 3.05) is 19.0 Å². The average molecular weight is 268 g/mol. The predicted octanol–water partition coefficient (Wildman–Crippen LogP) is 3.37. The van der Waals surface area contributed by atoms with Crippen LogP contribution in [0.3, 0.4) is 0 Å². The van der Waals surface area contributed by atoms with Crippen LogP contribution in [0.15, 0.2) is 23.2 Å². The number of nitrogens with zero attached hydrogens (tertiary/aromatic N) is 1. The van der Waals surface area contributed by atoms with Crippen LogP contribution in [0.4, 0.5) is 10.1 Å². The maximum atomic E-state index is 13.5. The van der Waals surface area contributed by atoms with Gasteiger partial charge in [0.05, 0.1) is 13.7 Å². The van der Waals surface area contributed by atoms with Crippen LogP contribution in [0.25, 0.3) is 0 Å². The molecule has 1 aromatic rings. The van der Waals surface area contributed by atoms with Gasteiger partial charge >= 0.3 is 0 Å². The first-order chi connectivity index (χ1) is 8.60. The number of benzene rings is 1. The lowest BCUT2D eigenvalue weighted by atomic mass is 10.1. The summed E-state index contributed by atoms with van der Waals surface area (Å²) in [5.41, 5.74) is 0.698. The van der Waals surface area contributed by atoms with Crippen molar-refractivity contribution < 1.29 is 9.13 Å². The fourth-order valence-electron chi connectivity index (χ4n) is 1.67. The van der Waals surface area contributed by atoms with Gasteiger partial charge < -0.3 is 10.1 Å². The van der Waals surface area contributed by atoms with E-state index in [9.17, 15) is 4.39 Å². The second-order valence-corrected chi connectivity index (χ2v) is 5.75. The summed E-state index contributed by atoms with van der Waals surface area (Å²) in [7, 11) is 1.45. The van der Waals surface area contributed by atoms with Crippen molar-refractivity contribution in [2.24, 2.45) is 10.9 Å². The van der Waals surface area contributed by atoms with Crippen molar-refractivity contribution in [3.05, 3.63) is 24.0 Å². The summed E-state index contributed by atoms with van der Waals surface area (Å²) in [6.07, 6.45) is 0. The number of ether oxygens (including phenoxy) is 1. The topological polar surface area (TPSA) is 33.6 Å². The van der Waals surface area contributed by atoms with Gasteiger partial charge in [0.15, 0.2) is 16.7 Å². The summed E-state index contributed by atoms with van der Waals surface area (Å²) in [6, 6.07) is 4.82. The number of anilines is 1. The molecule has 1 aliphatic heterocycles. The molecule has 2 rings (SSSR count). The van der Waals surface area contributed by atoms with Crippen LogP contribution < -0.4 is 10.1 Å². The third-order valence-electron chi connectivity index (χ3n) is 2.82. The fraction of sp³-hybridized carbons (Fsp3) is 0.462. The highest BCUT2D eigenvalue weighted by Gasteiger charge is 2.22. The number of amidine groups is 1. The number of hydrogen-bond donors (Lipinski definition) is 1. The van der Waals surface area contributed by atoms with Gasteiger partial charge in [0.1, 0.15) is 0 Å². The summed E-state index contributed by atoms with van der Waals surface area (Å²) in [5.74, 6) is 0.471. The molecule has 5 heteroatoms. The molecule has 0 radical (unpaired) electrons. The summed E-state index contributed by atoms with van der Waals surface area (Å²) in [4.78, 5) is 4.42. The van der Waals surface area contributed by atoms with Gasteiger partial charge in [0, 0.05) is 17.0 Å². The van der Waals surface area contributed by atoms with Crippen molar-refractivity contribution in [1.29, 1.82) is 0 Å². The van der Waals surface area contributed by atoms with E-state index in [2.05, 4.69) is 24.2 Å². The molecule has 3 nitrogen and oxygen atoms in total. The highest BCUT2D eigenvalue weighted by atomic mass is 32.2. The molecule has 0 amide bonds. The van der Waals surface area contributed by atoms with Crippen LogP contribution in [0.5, 0.6) is 5.75 Å². The molecule has 0 aliphatic carbocycles. The number of rotatable bonds is 3. The molecule has 18 heavy (non-hydrogen) atoms. The van der Waals surface area contributed by atoms with Crippen LogP contribution in [0.1, 0.15) is 13.8 Å². The summed E-state index contributed by atoms with van der Waals surface area (Å²) < 4.78 is 18.4. The Morgan fingerprint density at radius 1 is 1.50 bits per heavy atom. The minimum Gasteiger partial charge on any atom is -0.494 e. The van der Waals surface area contributed by atoms with Crippen LogP contribution in [-0.4, -0.2) is 24.1 Å². The highest BCUT2D eigenvalue weighted by Crippen LogP contribution is 2.28. The molecule has 1 N–H and O–H groups in total. The van der Waals surface area contributed by atoms with E-state index >= 15 is 0 Å². The Kier molecular flexibility index (Phi) is 4.11. The fourth-order valence-corrected chi connectivity index (χ4v) is 2.71. The van der Waals surface area contributed by atoms with Gasteiger partial charge in [0.25, 0.3) is 0 Å². The van der Waals surface area contributed by atoms with E-state index in [-0.39, 0.29) is 11.6 Å². The quantitative estimate of drug-likeness (QED) is 0.912. The number of thioether (sulfide) groups is 1. The monoisotopic (exact) mass is 268 g/mol. The van der Waals surface area contributed by atoms with Gasteiger partial charge in [-0.3, -0.25) is 4.99 Å². The lowest BCUT2D eigenvalue weighted by molar-refractivity contribution is 0.387. The van der Waals surface area contributed by atoms with Crippen LogP contribution in [0, 0.1) is 11.7 Å².